The van der Waals surface area contributed by atoms with Crippen molar-refractivity contribution in [3.8, 4) is 0 Å². The smallest absolute Gasteiger partial charge is 0.0264 e. The van der Waals surface area contributed by atoms with E-state index in [1.54, 1.807) is 0 Å². The summed E-state index contributed by atoms with van der Waals surface area (Å²) >= 11 is 0. The summed E-state index contributed by atoms with van der Waals surface area (Å²) < 4.78 is 0. The van der Waals surface area contributed by atoms with Crippen molar-refractivity contribution in [3.05, 3.63) is 0 Å². The third-order valence-corrected chi connectivity index (χ3v) is 3.90. The maximum Gasteiger partial charge on any atom is 0.0264 e. The van der Waals surface area contributed by atoms with E-state index in [1.807, 2.05) is 0 Å². The van der Waals surface area contributed by atoms with Crippen molar-refractivity contribution in [1.82, 2.24) is 10.2 Å². The van der Waals surface area contributed by atoms with Crippen LogP contribution in [0.3, 0.4) is 0 Å². The highest BCUT2D eigenvalue weighted by Gasteiger charge is 2.39. The van der Waals surface area contributed by atoms with Gasteiger partial charge in [0, 0.05) is 18.6 Å². The second-order valence-electron chi connectivity index (χ2n) is 4.48. The Bertz CT molecular complexity index is 165. The zero-order chi connectivity index (χ0) is 9.26. The third kappa shape index (κ3) is 1.62. The number of nitrogens with zero attached hydrogens (tertiary/aromatic N) is 1. The van der Waals surface area contributed by atoms with E-state index in [2.05, 4.69) is 24.1 Å². The molecule has 2 aliphatic heterocycles. The van der Waals surface area contributed by atoms with Gasteiger partial charge in [-0.3, -0.25) is 4.90 Å². The Kier molecular flexibility index (Phi) is 2.89. The Morgan fingerprint density at radius 2 is 2.08 bits per heavy atom. The van der Waals surface area contributed by atoms with Crippen LogP contribution in [0.2, 0.25) is 0 Å². The van der Waals surface area contributed by atoms with Crippen LogP contribution >= 0.6 is 0 Å². The van der Waals surface area contributed by atoms with Crippen molar-refractivity contribution in [2.45, 2.75) is 45.2 Å². The minimum absolute atomic E-state index is 0.842. The second kappa shape index (κ2) is 3.97. The Hall–Kier alpha value is -0.0800. The molecule has 13 heavy (non-hydrogen) atoms. The van der Waals surface area contributed by atoms with E-state index >= 15 is 0 Å². The van der Waals surface area contributed by atoms with Gasteiger partial charge in [-0.15, -0.1) is 0 Å². The molecule has 0 unspecified atom stereocenters. The van der Waals surface area contributed by atoms with Crippen LogP contribution in [0, 0.1) is 5.92 Å². The fourth-order valence-electron chi connectivity index (χ4n) is 3.09. The molecule has 2 atom stereocenters. The number of rotatable bonds is 3. The van der Waals surface area contributed by atoms with Gasteiger partial charge in [-0.25, -0.2) is 0 Å². The lowest BCUT2D eigenvalue weighted by molar-refractivity contribution is 0.169. The minimum atomic E-state index is 0.842. The quantitative estimate of drug-likeness (QED) is 0.711. The zero-order valence-electron chi connectivity index (χ0n) is 8.92. The molecular formula is C11H22N2. The zero-order valence-corrected chi connectivity index (χ0v) is 8.92. The molecule has 2 saturated heterocycles. The van der Waals surface area contributed by atoms with Crippen LogP contribution in [0.1, 0.15) is 33.1 Å². The van der Waals surface area contributed by atoms with Crippen LogP contribution < -0.4 is 5.32 Å². The summed E-state index contributed by atoms with van der Waals surface area (Å²) in [6, 6.07) is 1.71. The third-order valence-electron chi connectivity index (χ3n) is 3.90. The van der Waals surface area contributed by atoms with Gasteiger partial charge in [0.1, 0.15) is 0 Å². The molecule has 0 spiro atoms. The molecule has 0 aromatic carbocycles. The van der Waals surface area contributed by atoms with Crippen molar-refractivity contribution in [3.63, 3.8) is 0 Å². The molecule has 2 heteroatoms. The number of hydrogen-bond donors (Lipinski definition) is 1. The molecule has 0 amide bonds. The number of likely N-dealkylation sites (tertiary alicyclic amines) is 1. The molecule has 1 N–H and O–H groups in total. The van der Waals surface area contributed by atoms with E-state index in [0.29, 0.717) is 0 Å². The highest BCUT2D eigenvalue weighted by Crippen LogP contribution is 2.30. The lowest BCUT2D eigenvalue weighted by Gasteiger charge is -2.31. The van der Waals surface area contributed by atoms with E-state index in [0.717, 1.165) is 18.0 Å². The normalized spacial score (nSPS) is 34.4. The van der Waals surface area contributed by atoms with Crippen LogP contribution in [-0.4, -0.2) is 36.6 Å². The van der Waals surface area contributed by atoms with Crippen LogP contribution in [0.15, 0.2) is 0 Å². The van der Waals surface area contributed by atoms with Crippen molar-refractivity contribution >= 4 is 0 Å². The van der Waals surface area contributed by atoms with Gasteiger partial charge in [0.05, 0.1) is 0 Å². The minimum Gasteiger partial charge on any atom is -0.315 e. The average Bonchev–Trinajstić information content (AvgIpc) is 2.70. The maximum absolute atomic E-state index is 3.52. The molecule has 2 rings (SSSR count). The van der Waals surface area contributed by atoms with Gasteiger partial charge in [0.2, 0.25) is 0 Å². The van der Waals surface area contributed by atoms with Crippen molar-refractivity contribution < 1.29 is 0 Å². The standard InChI is InChI=1S/C11H22N2/c1-3-10(4-2)13-6-5-9-7-12-8-11(9)13/h9-12H,3-8H2,1-2H3/t9-,11+/m1/s1. The first-order chi connectivity index (χ1) is 6.36. The van der Waals surface area contributed by atoms with Crippen LogP contribution in [-0.2, 0) is 0 Å². The van der Waals surface area contributed by atoms with Gasteiger partial charge in [0.15, 0.2) is 0 Å². The lowest BCUT2D eigenvalue weighted by Crippen LogP contribution is -2.41. The first-order valence-corrected chi connectivity index (χ1v) is 5.83. The average molecular weight is 182 g/mol. The van der Waals surface area contributed by atoms with Gasteiger partial charge >= 0.3 is 0 Å². The highest BCUT2D eigenvalue weighted by molar-refractivity contribution is 4.96. The van der Waals surface area contributed by atoms with Crippen molar-refractivity contribution in [1.29, 1.82) is 0 Å². The van der Waals surface area contributed by atoms with E-state index in [9.17, 15) is 0 Å². The fraction of sp³-hybridized carbons (Fsp3) is 1.00. The summed E-state index contributed by atoms with van der Waals surface area (Å²) in [4.78, 5) is 2.75. The molecule has 2 aliphatic rings. The Labute approximate surface area is 81.7 Å². The summed E-state index contributed by atoms with van der Waals surface area (Å²) in [6.07, 6.45) is 4.06. The van der Waals surface area contributed by atoms with Gasteiger partial charge in [-0.2, -0.15) is 0 Å². The molecule has 2 heterocycles. The molecule has 0 aliphatic carbocycles. The van der Waals surface area contributed by atoms with Gasteiger partial charge < -0.3 is 5.32 Å². The predicted molar refractivity (Wildman–Crippen MR) is 55.8 cm³/mol. The molecule has 0 radical (unpaired) electrons. The summed E-state index contributed by atoms with van der Waals surface area (Å²) in [5, 5.41) is 3.52. The SMILES string of the molecule is CCC(CC)N1CC[C@@H]2CNC[C@@H]21. The van der Waals surface area contributed by atoms with E-state index in [4.69, 9.17) is 0 Å². The van der Waals surface area contributed by atoms with Crippen molar-refractivity contribution in [2.24, 2.45) is 5.92 Å². The Balaban J connectivity index is 1.99. The maximum atomic E-state index is 3.52. The Morgan fingerprint density at radius 1 is 1.31 bits per heavy atom. The van der Waals surface area contributed by atoms with Gasteiger partial charge in [0.25, 0.3) is 0 Å². The second-order valence-corrected chi connectivity index (χ2v) is 4.48. The van der Waals surface area contributed by atoms with E-state index in [-0.39, 0.29) is 0 Å². The van der Waals surface area contributed by atoms with Gasteiger partial charge in [-0.05, 0) is 38.3 Å². The van der Waals surface area contributed by atoms with Gasteiger partial charge in [-0.1, -0.05) is 13.8 Å². The summed E-state index contributed by atoms with van der Waals surface area (Å²) in [5.74, 6) is 0.959. The van der Waals surface area contributed by atoms with Crippen molar-refractivity contribution in [2.75, 3.05) is 19.6 Å². The molecule has 0 saturated carbocycles. The highest BCUT2D eigenvalue weighted by atomic mass is 15.2. The predicted octanol–water partition coefficient (Wildman–Crippen LogP) is 1.47. The summed E-state index contributed by atoms with van der Waals surface area (Å²) in [7, 11) is 0. The molecule has 0 aromatic heterocycles. The summed E-state index contributed by atoms with van der Waals surface area (Å²) in [5.41, 5.74) is 0. The fourth-order valence-corrected chi connectivity index (χ4v) is 3.09. The molecule has 2 nitrogen and oxygen atoms in total. The molecular weight excluding hydrogens is 160 g/mol. The lowest BCUT2D eigenvalue weighted by atomic mass is 10.0. The Morgan fingerprint density at radius 3 is 2.77 bits per heavy atom. The first-order valence-electron chi connectivity index (χ1n) is 5.83. The number of nitrogens with one attached hydrogen (secondary N) is 1. The first kappa shape index (κ1) is 9.47. The van der Waals surface area contributed by atoms with Crippen LogP contribution in [0.5, 0.6) is 0 Å². The molecule has 76 valence electrons. The molecule has 0 aromatic rings. The summed E-state index contributed by atoms with van der Waals surface area (Å²) in [6.45, 7) is 8.50. The molecule has 2 fully saturated rings. The monoisotopic (exact) mass is 182 g/mol. The molecule has 0 bridgehead atoms. The van der Waals surface area contributed by atoms with E-state index < -0.39 is 0 Å². The number of fused-ring (bicyclic) bond motifs is 1. The van der Waals surface area contributed by atoms with Crippen LogP contribution in [0.4, 0.5) is 0 Å². The largest absolute Gasteiger partial charge is 0.315 e. The van der Waals surface area contributed by atoms with Crippen LogP contribution in [0.25, 0.3) is 0 Å². The topological polar surface area (TPSA) is 15.3 Å². The number of hydrogen-bond acceptors (Lipinski definition) is 2. The van der Waals surface area contributed by atoms with E-state index in [1.165, 1.54) is 38.9 Å².